The van der Waals surface area contributed by atoms with E-state index in [1.54, 1.807) is 0 Å². The molecule has 1 amide bonds. The molecule has 0 spiro atoms. The molecule has 122 valence electrons. The lowest BCUT2D eigenvalue weighted by atomic mass is 9.80. The van der Waals surface area contributed by atoms with Crippen molar-refractivity contribution in [1.29, 1.82) is 0 Å². The number of nitrogens with one attached hydrogen (secondary N) is 1. The van der Waals surface area contributed by atoms with Gasteiger partial charge in [0.2, 0.25) is 5.91 Å². The molecule has 1 N–H and O–H groups in total. The lowest BCUT2D eigenvalue weighted by Gasteiger charge is -2.25. The average Bonchev–Trinajstić information content (AvgIpc) is 3.18. The second-order valence-corrected chi connectivity index (χ2v) is 6.46. The molecule has 2 heterocycles. The van der Waals surface area contributed by atoms with Gasteiger partial charge in [0.25, 0.3) is 0 Å². The molecule has 6 nitrogen and oxygen atoms in total. The van der Waals surface area contributed by atoms with E-state index >= 15 is 0 Å². The summed E-state index contributed by atoms with van der Waals surface area (Å²) in [6, 6.07) is 0. The highest BCUT2D eigenvalue weighted by Gasteiger charge is 2.39. The molecule has 0 atom stereocenters. The fourth-order valence-electron chi connectivity index (χ4n) is 3.01. The number of carbonyl (C=O) groups is 1. The summed E-state index contributed by atoms with van der Waals surface area (Å²) < 4.78 is 1.87. The monoisotopic (exact) mass is 313 g/mol. The number of terminal acetylenes is 1. The minimum Gasteiger partial charge on any atom is -0.350 e. The van der Waals surface area contributed by atoms with Crippen molar-refractivity contribution < 1.29 is 4.79 Å². The van der Waals surface area contributed by atoms with E-state index in [2.05, 4.69) is 26.6 Å². The fourth-order valence-corrected chi connectivity index (χ4v) is 3.01. The van der Waals surface area contributed by atoms with Gasteiger partial charge in [-0.1, -0.05) is 6.42 Å². The molecule has 23 heavy (non-hydrogen) atoms. The molecule has 1 saturated carbocycles. The third-order valence-electron chi connectivity index (χ3n) is 4.90. The molecule has 3 rings (SSSR count). The normalized spacial score (nSPS) is 18.3. The maximum Gasteiger partial charge on any atom is 0.220 e. The van der Waals surface area contributed by atoms with Gasteiger partial charge in [-0.05, 0) is 24.3 Å². The highest BCUT2D eigenvalue weighted by Crippen LogP contribution is 2.38. The molecule has 0 unspecified atom stereocenters. The van der Waals surface area contributed by atoms with Crippen LogP contribution >= 0.6 is 0 Å². The Labute approximate surface area is 136 Å². The molecule has 1 aliphatic heterocycles. The van der Waals surface area contributed by atoms with Crippen LogP contribution in [0.3, 0.4) is 0 Å². The van der Waals surface area contributed by atoms with Crippen LogP contribution in [-0.2, 0) is 18.4 Å². The zero-order valence-corrected chi connectivity index (χ0v) is 13.6. The van der Waals surface area contributed by atoms with Crippen molar-refractivity contribution in [3.05, 3.63) is 17.5 Å². The lowest BCUT2D eigenvalue weighted by Crippen LogP contribution is -2.26. The zero-order valence-electron chi connectivity index (χ0n) is 13.6. The molecule has 1 aliphatic carbocycles. The fraction of sp³-hybridized carbons (Fsp3) is 0.647. The van der Waals surface area contributed by atoms with Crippen molar-refractivity contribution in [2.45, 2.75) is 63.1 Å². The molecule has 0 radical (unpaired) electrons. The Kier molecular flexibility index (Phi) is 4.46. The molecule has 6 heteroatoms. The molecule has 1 aromatic rings. The first kappa shape index (κ1) is 15.7. The van der Waals surface area contributed by atoms with Crippen LogP contribution in [0.15, 0.2) is 16.4 Å². The maximum absolute atomic E-state index is 12.1. The van der Waals surface area contributed by atoms with Crippen LogP contribution in [0.4, 0.5) is 0 Å². The van der Waals surface area contributed by atoms with E-state index in [1.807, 2.05) is 17.9 Å². The third-order valence-corrected chi connectivity index (χ3v) is 4.90. The topological polar surface area (TPSA) is 71.6 Å². The molecule has 1 fully saturated rings. The van der Waals surface area contributed by atoms with E-state index < -0.39 is 0 Å². The van der Waals surface area contributed by atoms with Crippen LogP contribution < -0.4 is 5.32 Å². The van der Waals surface area contributed by atoms with Crippen LogP contribution in [0.25, 0.3) is 0 Å². The van der Waals surface area contributed by atoms with Crippen LogP contribution in [0, 0.1) is 12.3 Å². The number of hydrogen-bond acceptors (Lipinski definition) is 4. The van der Waals surface area contributed by atoms with Gasteiger partial charge in [-0.25, -0.2) is 0 Å². The highest BCUT2D eigenvalue weighted by atomic mass is 16.1. The van der Waals surface area contributed by atoms with Gasteiger partial charge in [0.05, 0.1) is 18.4 Å². The maximum atomic E-state index is 12.1. The van der Waals surface area contributed by atoms with E-state index in [9.17, 15) is 4.79 Å². The minimum atomic E-state index is -0.382. The summed E-state index contributed by atoms with van der Waals surface area (Å²) in [6.45, 7) is 0.535. The number of carbonyl (C=O) groups excluding carboxylic acids is 1. The number of rotatable bonds is 8. The van der Waals surface area contributed by atoms with E-state index in [4.69, 9.17) is 6.42 Å². The van der Waals surface area contributed by atoms with E-state index in [0.717, 1.165) is 12.1 Å². The molecule has 2 aliphatic rings. The Morgan fingerprint density at radius 3 is 2.87 bits per heavy atom. The van der Waals surface area contributed by atoms with Gasteiger partial charge in [-0.2, -0.15) is 15.3 Å². The molecule has 0 bridgehead atoms. The van der Waals surface area contributed by atoms with Gasteiger partial charge < -0.3 is 5.32 Å². The number of hydrogen-bond donors (Lipinski definition) is 1. The Hall–Kier alpha value is -2.16. The van der Waals surface area contributed by atoms with Crippen LogP contribution in [0.1, 0.15) is 62.1 Å². The Morgan fingerprint density at radius 1 is 1.48 bits per heavy atom. The predicted molar refractivity (Wildman–Crippen MR) is 86.5 cm³/mol. The summed E-state index contributed by atoms with van der Waals surface area (Å²) in [5.74, 6) is 3.25. The highest BCUT2D eigenvalue weighted by molar-refractivity contribution is 5.76. The molecule has 0 saturated heterocycles. The SMILES string of the molecule is C#CCCC1(CCC(=O)NCc2c(C3CCC3)cnn2C)N=N1. The first-order valence-electron chi connectivity index (χ1n) is 8.28. The predicted octanol–water partition coefficient (Wildman–Crippen LogP) is 2.66. The van der Waals surface area contributed by atoms with Crippen LogP contribution in [0.2, 0.25) is 0 Å². The first-order valence-corrected chi connectivity index (χ1v) is 8.28. The molecule has 0 aromatic carbocycles. The lowest BCUT2D eigenvalue weighted by molar-refractivity contribution is -0.121. The van der Waals surface area contributed by atoms with E-state index in [1.165, 1.54) is 24.8 Å². The van der Waals surface area contributed by atoms with Gasteiger partial charge in [0, 0.05) is 32.7 Å². The summed E-state index contributed by atoms with van der Waals surface area (Å²) in [4.78, 5) is 12.1. The van der Waals surface area contributed by atoms with Crippen molar-refractivity contribution >= 4 is 5.91 Å². The standard InChI is InChI=1S/C17H23N5O/c1-3-4-9-17(20-21-17)10-8-16(23)18-12-15-14(11-19-22(15)2)13-6-5-7-13/h1,11,13H,4-10,12H2,2H3,(H,18,23). The second kappa shape index (κ2) is 6.53. The number of amides is 1. The summed E-state index contributed by atoms with van der Waals surface area (Å²) in [5, 5.41) is 15.5. The van der Waals surface area contributed by atoms with Crippen LogP contribution in [-0.4, -0.2) is 21.4 Å². The van der Waals surface area contributed by atoms with E-state index in [0.29, 0.717) is 31.7 Å². The van der Waals surface area contributed by atoms with Crippen molar-refractivity contribution in [1.82, 2.24) is 15.1 Å². The number of aryl methyl sites for hydroxylation is 1. The summed E-state index contributed by atoms with van der Waals surface area (Å²) in [5.41, 5.74) is 2.02. The minimum absolute atomic E-state index is 0.0307. The van der Waals surface area contributed by atoms with Gasteiger partial charge in [0.1, 0.15) is 0 Å². The Bertz CT molecular complexity index is 644. The Balaban J connectivity index is 1.46. The second-order valence-electron chi connectivity index (χ2n) is 6.46. The van der Waals surface area contributed by atoms with Gasteiger partial charge in [0.15, 0.2) is 5.66 Å². The van der Waals surface area contributed by atoms with Gasteiger partial charge in [-0.15, -0.1) is 12.3 Å². The van der Waals surface area contributed by atoms with Crippen molar-refractivity contribution in [2.24, 2.45) is 17.3 Å². The summed E-state index contributed by atoms with van der Waals surface area (Å²) >= 11 is 0. The van der Waals surface area contributed by atoms with E-state index in [-0.39, 0.29) is 11.6 Å². The Morgan fingerprint density at radius 2 is 2.26 bits per heavy atom. The molecular formula is C17H23N5O. The summed E-state index contributed by atoms with van der Waals surface area (Å²) in [6.07, 6.45) is 13.4. The van der Waals surface area contributed by atoms with Gasteiger partial charge >= 0.3 is 0 Å². The molecular weight excluding hydrogens is 290 g/mol. The smallest absolute Gasteiger partial charge is 0.220 e. The largest absolute Gasteiger partial charge is 0.350 e. The van der Waals surface area contributed by atoms with Crippen molar-refractivity contribution in [3.8, 4) is 12.3 Å². The molecule has 1 aromatic heterocycles. The number of nitrogens with zero attached hydrogens (tertiary/aromatic N) is 4. The van der Waals surface area contributed by atoms with Crippen molar-refractivity contribution in [3.63, 3.8) is 0 Å². The zero-order chi connectivity index (χ0) is 16.3. The summed E-state index contributed by atoms with van der Waals surface area (Å²) in [7, 11) is 1.93. The van der Waals surface area contributed by atoms with Crippen molar-refractivity contribution in [2.75, 3.05) is 0 Å². The average molecular weight is 313 g/mol. The quantitative estimate of drug-likeness (QED) is 0.749. The van der Waals surface area contributed by atoms with Crippen LogP contribution in [0.5, 0.6) is 0 Å². The van der Waals surface area contributed by atoms with Gasteiger partial charge in [-0.3, -0.25) is 9.48 Å². The number of aromatic nitrogens is 2. The third kappa shape index (κ3) is 3.61. The first-order chi connectivity index (χ1) is 11.1.